The van der Waals surface area contributed by atoms with E-state index in [9.17, 15) is 10.0 Å². The largest absolute Gasteiger partial charge is 0.622 e. The highest BCUT2D eigenvalue weighted by Gasteiger charge is 2.62. The molecule has 0 aromatic carbocycles. The summed E-state index contributed by atoms with van der Waals surface area (Å²) in [5.74, 6) is -3.82. The summed E-state index contributed by atoms with van der Waals surface area (Å²) in [4.78, 5) is 12.3. The molecule has 13 heteroatoms. The van der Waals surface area contributed by atoms with Crippen molar-refractivity contribution >= 4 is 12.1 Å². The number of hydrogen-bond acceptors (Lipinski definition) is 11. The van der Waals surface area contributed by atoms with Gasteiger partial charge in [0.1, 0.15) is 42.7 Å². The number of amides is 1. The Kier molecular flexibility index (Phi) is 7.34. The third-order valence-corrected chi connectivity index (χ3v) is 7.30. The van der Waals surface area contributed by atoms with E-state index in [1.54, 1.807) is 27.7 Å². The van der Waals surface area contributed by atoms with Gasteiger partial charge in [0, 0.05) is 6.92 Å². The minimum atomic E-state index is -1.07. The van der Waals surface area contributed by atoms with Crippen LogP contribution in [0.4, 0.5) is 0 Å². The Labute approximate surface area is 228 Å². The van der Waals surface area contributed by atoms with E-state index < -0.39 is 78.1 Å². The maximum Gasteiger partial charge on any atom is 0.297 e. The predicted molar refractivity (Wildman–Crippen MR) is 133 cm³/mol. The van der Waals surface area contributed by atoms with Crippen LogP contribution in [0.3, 0.4) is 0 Å². The molecule has 13 nitrogen and oxygen atoms in total. The van der Waals surface area contributed by atoms with Gasteiger partial charge in [0.25, 0.3) is 6.23 Å². The Morgan fingerprint density at radius 1 is 0.769 bits per heavy atom. The molecule has 1 amide bonds. The average molecular weight is 559 g/mol. The smallest absolute Gasteiger partial charge is 0.297 e. The molecule has 5 rings (SSSR count). The maximum absolute atomic E-state index is 13.8. The van der Waals surface area contributed by atoms with Gasteiger partial charge in [0.05, 0.1) is 13.2 Å². The van der Waals surface area contributed by atoms with Crippen LogP contribution in [0.25, 0.3) is 0 Å². The van der Waals surface area contributed by atoms with E-state index in [-0.39, 0.29) is 19.1 Å². The Morgan fingerprint density at radius 3 is 1.82 bits per heavy atom. The second-order valence-electron chi connectivity index (χ2n) is 12.6. The molecule has 0 radical (unpaired) electrons. The lowest BCUT2D eigenvalue weighted by atomic mass is 10.0. The summed E-state index contributed by atoms with van der Waals surface area (Å²) in [6.45, 7) is 16.3. The molecule has 0 aliphatic carbocycles. The highest BCUT2D eigenvalue weighted by molar-refractivity contribution is 5.78. The molecule has 5 saturated heterocycles. The first-order chi connectivity index (χ1) is 17.9. The van der Waals surface area contributed by atoms with E-state index in [0.29, 0.717) is 4.74 Å². The number of hydrogen-bond donors (Lipinski definition) is 1. The summed E-state index contributed by atoms with van der Waals surface area (Å²) in [6, 6.07) is -0.875. The summed E-state index contributed by atoms with van der Waals surface area (Å²) in [5.41, 5.74) is 0. The van der Waals surface area contributed by atoms with Gasteiger partial charge in [0.2, 0.25) is 5.91 Å². The summed E-state index contributed by atoms with van der Waals surface area (Å²) >= 11 is 0. The number of rotatable bonds is 6. The van der Waals surface area contributed by atoms with Crippen molar-refractivity contribution in [2.24, 2.45) is 0 Å². The second-order valence-corrected chi connectivity index (χ2v) is 12.6. The molecule has 5 heterocycles. The summed E-state index contributed by atoms with van der Waals surface area (Å²) < 4.78 is 55.1. The summed E-state index contributed by atoms with van der Waals surface area (Å²) in [5, 5.41) is 16.6. The number of ether oxygens (including phenoxy) is 9. The van der Waals surface area contributed by atoms with Crippen LogP contribution >= 0.6 is 0 Å². The van der Waals surface area contributed by atoms with Gasteiger partial charge in [-0.05, 0) is 55.4 Å². The molecular formula is C26H42N2O11. The molecule has 0 aromatic heterocycles. The van der Waals surface area contributed by atoms with Crippen molar-refractivity contribution in [3.05, 3.63) is 5.21 Å². The highest BCUT2D eigenvalue weighted by atomic mass is 16.8. The van der Waals surface area contributed by atoms with E-state index in [2.05, 4.69) is 5.32 Å². The summed E-state index contributed by atoms with van der Waals surface area (Å²) in [6.07, 6.45) is -3.88. The van der Waals surface area contributed by atoms with Gasteiger partial charge in [-0.1, -0.05) is 0 Å². The van der Waals surface area contributed by atoms with Crippen LogP contribution in [0, 0.1) is 5.21 Å². The van der Waals surface area contributed by atoms with Gasteiger partial charge in [-0.15, -0.1) is 0 Å². The van der Waals surface area contributed by atoms with Crippen molar-refractivity contribution in [3.63, 3.8) is 0 Å². The quantitative estimate of drug-likeness (QED) is 0.217. The SMILES string of the molecule is CC(=O)N[C@H](/C=[N+](/[O-])C1O[C@H]([C@H]2COC(C)(C)O2)[C@@H]2OC(C)(C)O[C@H]12)[C@H]1OC(C)(C)O[C@@H]1[C@H]1COC(C)(C)O1. The van der Waals surface area contributed by atoms with Gasteiger partial charge in [-0.25, -0.2) is 0 Å². The molecule has 1 N–H and O–H groups in total. The average Bonchev–Trinajstić information content (AvgIpc) is 3.55. The Hall–Kier alpha value is -1.42. The van der Waals surface area contributed by atoms with Crippen LogP contribution in [0.2, 0.25) is 0 Å². The molecule has 5 aliphatic heterocycles. The van der Waals surface area contributed by atoms with Crippen LogP contribution < -0.4 is 5.32 Å². The summed E-state index contributed by atoms with van der Waals surface area (Å²) in [7, 11) is 0. The van der Waals surface area contributed by atoms with E-state index in [1.807, 2.05) is 27.7 Å². The fraction of sp³-hybridized carbons (Fsp3) is 0.923. The third-order valence-electron chi connectivity index (χ3n) is 7.30. The van der Waals surface area contributed by atoms with Crippen molar-refractivity contribution in [1.29, 1.82) is 0 Å². The molecule has 5 aliphatic rings. The number of carbonyl (C=O) groups excluding carboxylic acids is 1. The molecule has 9 atom stereocenters. The zero-order valence-electron chi connectivity index (χ0n) is 24.1. The Balaban J connectivity index is 1.41. The minimum absolute atomic E-state index is 0.277. The fourth-order valence-electron chi connectivity index (χ4n) is 5.93. The normalized spacial score (nSPS) is 42.9. The van der Waals surface area contributed by atoms with Crippen molar-refractivity contribution < 1.29 is 52.2 Å². The first kappa shape index (κ1) is 29.1. The zero-order valence-corrected chi connectivity index (χ0v) is 24.1. The van der Waals surface area contributed by atoms with Crippen molar-refractivity contribution in [1.82, 2.24) is 5.32 Å². The van der Waals surface area contributed by atoms with Gasteiger partial charge >= 0.3 is 0 Å². The van der Waals surface area contributed by atoms with Crippen LogP contribution in [0.5, 0.6) is 0 Å². The van der Waals surface area contributed by atoms with Gasteiger partial charge in [-0.3, -0.25) is 4.79 Å². The maximum atomic E-state index is 13.8. The lowest BCUT2D eigenvalue weighted by Gasteiger charge is -2.28. The number of carbonyl (C=O) groups is 1. The number of hydroxylamine groups is 1. The molecule has 222 valence electrons. The molecule has 1 unspecified atom stereocenters. The molecule has 39 heavy (non-hydrogen) atoms. The van der Waals surface area contributed by atoms with Gasteiger partial charge in [0.15, 0.2) is 35.5 Å². The fourth-order valence-corrected chi connectivity index (χ4v) is 5.93. The van der Waals surface area contributed by atoms with E-state index in [0.717, 1.165) is 0 Å². The molecule has 0 aromatic rings. The van der Waals surface area contributed by atoms with E-state index >= 15 is 0 Å². The molecule has 0 saturated carbocycles. The van der Waals surface area contributed by atoms with Gasteiger partial charge in [-0.2, -0.15) is 4.74 Å². The monoisotopic (exact) mass is 558 g/mol. The lowest BCUT2D eigenvalue weighted by molar-refractivity contribution is -0.563. The number of nitrogens with one attached hydrogen (secondary N) is 1. The van der Waals surface area contributed by atoms with Crippen LogP contribution in [-0.4, -0.2) is 108 Å². The first-order valence-electron chi connectivity index (χ1n) is 13.5. The Morgan fingerprint density at radius 2 is 1.28 bits per heavy atom. The molecule has 0 spiro atoms. The molecule has 0 bridgehead atoms. The lowest BCUT2D eigenvalue weighted by Crippen LogP contribution is -2.53. The third kappa shape index (κ3) is 6.11. The zero-order chi connectivity index (χ0) is 28.5. The first-order valence-corrected chi connectivity index (χ1v) is 13.5. The Bertz CT molecular complexity index is 983. The number of fused-ring (bicyclic) bond motifs is 1. The van der Waals surface area contributed by atoms with E-state index in [1.165, 1.54) is 13.1 Å². The minimum Gasteiger partial charge on any atom is -0.622 e. The van der Waals surface area contributed by atoms with Crippen molar-refractivity contribution in [3.8, 4) is 0 Å². The predicted octanol–water partition coefficient (Wildman–Crippen LogP) is 1.14. The molecule has 5 fully saturated rings. The van der Waals surface area contributed by atoms with Gasteiger partial charge < -0.3 is 53.2 Å². The highest BCUT2D eigenvalue weighted by Crippen LogP contribution is 2.42. The number of nitrogens with zero attached hydrogens (tertiary/aromatic N) is 1. The molecular weight excluding hydrogens is 516 g/mol. The standard InChI is InChI=1S/C26H42N2O11/c1-13(29)27-14(17-19(37-25(6,7)36-17)16-12-32-24(4,5)35-16)10-28(30)22-21-20(38-26(8,9)39-21)18(33-22)15-11-31-23(2,3)34-15/h10,14-22H,11-12H2,1-9H3,(H,27,29)/b28-10+/t14-,15-,16-,17-,18-,19-,20+,21+,22?/m1/s1. The topological polar surface area (TPSA) is 138 Å². The van der Waals surface area contributed by atoms with Crippen molar-refractivity contribution in [2.45, 2.75) is 140 Å². The van der Waals surface area contributed by atoms with Crippen LogP contribution in [0.15, 0.2) is 0 Å². The van der Waals surface area contributed by atoms with Crippen molar-refractivity contribution in [2.75, 3.05) is 13.2 Å². The van der Waals surface area contributed by atoms with Crippen LogP contribution in [-0.2, 0) is 47.4 Å². The van der Waals surface area contributed by atoms with E-state index in [4.69, 9.17) is 42.6 Å². The van der Waals surface area contributed by atoms with Crippen LogP contribution in [0.1, 0.15) is 62.3 Å². The second kappa shape index (κ2) is 9.85.